The fraction of sp³-hybridized carbons (Fsp3) is 0.417. The molecule has 1 N–H and O–H groups in total. The van der Waals surface area contributed by atoms with Crippen molar-refractivity contribution >= 4 is 34.5 Å². The fourth-order valence-corrected chi connectivity index (χ4v) is 1.98. The van der Waals surface area contributed by atoms with Crippen molar-refractivity contribution in [2.24, 2.45) is 0 Å². The number of nitro groups is 1. The minimum absolute atomic E-state index is 0.0717. The predicted octanol–water partition coefficient (Wildman–Crippen LogP) is 2.47. The Hall–Kier alpha value is -1.24. The quantitative estimate of drug-likeness (QED) is 0.378. The van der Waals surface area contributed by atoms with Gasteiger partial charge in [0.15, 0.2) is 0 Å². The molecule has 0 atom stereocenters. The fourth-order valence-electron chi connectivity index (χ4n) is 1.54. The second-order valence-electron chi connectivity index (χ2n) is 4.33. The third kappa shape index (κ3) is 5.10. The number of hydrogen-bond acceptors (Lipinski definition) is 4. The van der Waals surface area contributed by atoms with Gasteiger partial charge in [0.05, 0.1) is 10.5 Å². The van der Waals surface area contributed by atoms with Crippen molar-refractivity contribution in [2.45, 2.75) is 6.42 Å². The van der Waals surface area contributed by atoms with Crippen molar-refractivity contribution in [1.29, 1.82) is 0 Å². The molecule has 0 saturated heterocycles. The summed E-state index contributed by atoms with van der Waals surface area (Å²) < 4.78 is 0. The number of nitrogens with zero attached hydrogens (tertiary/aromatic N) is 2. The molecular weight excluding hydrogens is 286 g/mol. The molecule has 104 valence electrons. The van der Waals surface area contributed by atoms with Gasteiger partial charge in [-0.1, -0.05) is 23.8 Å². The van der Waals surface area contributed by atoms with Gasteiger partial charge in [0.1, 0.15) is 4.99 Å². The van der Waals surface area contributed by atoms with Crippen LogP contribution in [0.1, 0.15) is 12.0 Å². The molecule has 0 radical (unpaired) electrons. The molecule has 0 heterocycles. The molecule has 0 bridgehead atoms. The summed E-state index contributed by atoms with van der Waals surface area (Å²) in [6.45, 7) is 1.61. The van der Waals surface area contributed by atoms with E-state index in [1.54, 1.807) is 12.1 Å². The number of nitro benzene ring substituents is 1. The average molecular weight is 302 g/mol. The number of rotatable bonds is 6. The zero-order chi connectivity index (χ0) is 14.4. The summed E-state index contributed by atoms with van der Waals surface area (Å²) in [6.07, 6.45) is 0.911. The van der Waals surface area contributed by atoms with Gasteiger partial charge in [0, 0.05) is 17.6 Å². The maximum atomic E-state index is 11.0. The van der Waals surface area contributed by atoms with Crippen molar-refractivity contribution < 1.29 is 4.92 Å². The molecule has 0 fully saturated rings. The first-order valence-corrected chi connectivity index (χ1v) is 6.57. The van der Waals surface area contributed by atoms with E-state index in [-0.39, 0.29) is 5.69 Å². The standard InChI is InChI=1S/C12H16ClN3O2S/c1-15(2)7-3-6-14-12(19)10-5-4-9(13)8-11(10)16(17)18/h4-5,8H,3,6-7H2,1-2H3,(H,14,19). The summed E-state index contributed by atoms with van der Waals surface area (Å²) in [5.41, 5.74) is 0.326. The van der Waals surface area contributed by atoms with E-state index >= 15 is 0 Å². The van der Waals surface area contributed by atoms with Crippen LogP contribution in [0.15, 0.2) is 18.2 Å². The molecule has 0 spiro atoms. The van der Waals surface area contributed by atoms with E-state index < -0.39 is 4.92 Å². The normalized spacial score (nSPS) is 10.5. The molecule has 0 unspecified atom stereocenters. The van der Waals surface area contributed by atoms with E-state index in [0.717, 1.165) is 13.0 Å². The molecule has 0 aromatic heterocycles. The Morgan fingerprint density at radius 1 is 1.53 bits per heavy atom. The van der Waals surface area contributed by atoms with Crippen LogP contribution in [0.25, 0.3) is 0 Å². The second kappa shape index (κ2) is 7.37. The van der Waals surface area contributed by atoms with Crippen LogP contribution in [0.5, 0.6) is 0 Å². The van der Waals surface area contributed by atoms with Gasteiger partial charge < -0.3 is 10.2 Å². The molecular formula is C12H16ClN3O2S. The lowest BCUT2D eigenvalue weighted by Gasteiger charge is -2.11. The highest BCUT2D eigenvalue weighted by molar-refractivity contribution is 7.80. The lowest BCUT2D eigenvalue weighted by Crippen LogP contribution is -2.26. The number of nitrogens with one attached hydrogen (secondary N) is 1. The molecule has 0 aliphatic carbocycles. The van der Waals surface area contributed by atoms with E-state index in [0.29, 0.717) is 22.1 Å². The van der Waals surface area contributed by atoms with Gasteiger partial charge in [-0.05, 0) is 39.2 Å². The third-order valence-corrected chi connectivity index (χ3v) is 3.07. The summed E-state index contributed by atoms with van der Waals surface area (Å²) in [7, 11) is 3.98. The zero-order valence-electron chi connectivity index (χ0n) is 10.9. The van der Waals surface area contributed by atoms with Crippen molar-refractivity contribution in [2.75, 3.05) is 27.2 Å². The van der Waals surface area contributed by atoms with Crippen LogP contribution in [-0.2, 0) is 0 Å². The van der Waals surface area contributed by atoms with E-state index in [1.165, 1.54) is 6.07 Å². The Kier molecular flexibility index (Phi) is 6.14. The third-order valence-electron chi connectivity index (χ3n) is 2.47. The molecule has 0 saturated carbocycles. The van der Waals surface area contributed by atoms with Gasteiger partial charge in [-0.2, -0.15) is 0 Å². The average Bonchev–Trinajstić information content (AvgIpc) is 2.33. The first kappa shape index (κ1) is 15.8. The van der Waals surface area contributed by atoms with Gasteiger partial charge >= 0.3 is 0 Å². The van der Waals surface area contributed by atoms with E-state index in [9.17, 15) is 10.1 Å². The van der Waals surface area contributed by atoms with Crippen LogP contribution in [0.4, 0.5) is 5.69 Å². The number of benzene rings is 1. The van der Waals surface area contributed by atoms with Crippen molar-refractivity contribution in [3.05, 3.63) is 38.9 Å². The maximum absolute atomic E-state index is 11.0. The van der Waals surface area contributed by atoms with Crippen LogP contribution in [0, 0.1) is 10.1 Å². The van der Waals surface area contributed by atoms with Crippen LogP contribution in [-0.4, -0.2) is 42.0 Å². The summed E-state index contributed by atoms with van der Waals surface area (Å²) in [4.78, 5) is 12.9. The van der Waals surface area contributed by atoms with Gasteiger partial charge in [0.2, 0.25) is 0 Å². The lowest BCUT2D eigenvalue weighted by molar-refractivity contribution is -0.385. The molecule has 0 aliphatic rings. The topological polar surface area (TPSA) is 58.4 Å². The molecule has 1 aromatic rings. The molecule has 0 aliphatic heterocycles. The number of thiocarbonyl (C=S) groups is 1. The summed E-state index contributed by atoms with van der Waals surface area (Å²) in [5.74, 6) is 0. The smallest absolute Gasteiger partial charge is 0.281 e. The number of hydrogen-bond donors (Lipinski definition) is 1. The first-order valence-electron chi connectivity index (χ1n) is 5.78. The van der Waals surface area contributed by atoms with Crippen LogP contribution < -0.4 is 5.32 Å². The zero-order valence-corrected chi connectivity index (χ0v) is 12.4. The second-order valence-corrected chi connectivity index (χ2v) is 5.18. The lowest BCUT2D eigenvalue weighted by atomic mass is 10.2. The maximum Gasteiger partial charge on any atom is 0.281 e. The van der Waals surface area contributed by atoms with Crippen LogP contribution in [0.3, 0.4) is 0 Å². The van der Waals surface area contributed by atoms with E-state index in [2.05, 4.69) is 10.2 Å². The first-order chi connectivity index (χ1) is 8.91. The largest absolute Gasteiger partial charge is 0.376 e. The minimum atomic E-state index is -0.477. The number of halogens is 1. The minimum Gasteiger partial charge on any atom is -0.376 e. The molecule has 7 heteroatoms. The highest BCUT2D eigenvalue weighted by atomic mass is 35.5. The Balaban J connectivity index is 2.69. The molecule has 1 aromatic carbocycles. The van der Waals surface area contributed by atoms with Gasteiger partial charge in [-0.3, -0.25) is 10.1 Å². The highest BCUT2D eigenvalue weighted by Crippen LogP contribution is 2.23. The molecule has 19 heavy (non-hydrogen) atoms. The Morgan fingerprint density at radius 3 is 2.79 bits per heavy atom. The van der Waals surface area contributed by atoms with Crippen molar-refractivity contribution in [3.63, 3.8) is 0 Å². The summed E-state index contributed by atoms with van der Waals surface area (Å²) >= 11 is 10.9. The van der Waals surface area contributed by atoms with Crippen molar-refractivity contribution in [1.82, 2.24) is 10.2 Å². The van der Waals surface area contributed by atoms with E-state index in [1.807, 2.05) is 14.1 Å². The SMILES string of the molecule is CN(C)CCCNC(=S)c1ccc(Cl)cc1[N+](=O)[O-]. The Labute approximate surface area is 122 Å². The monoisotopic (exact) mass is 301 g/mol. The predicted molar refractivity (Wildman–Crippen MR) is 81.0 cm³/mol. The Bertz CT molecular complexity index is 480. The van der Waals surface area contributed by atoms with Gasteiger partial charge in [0.25, 0.3) is 5.69 Å². The van der Waals surface area contributed by atoms with Gasteiger partial charge in [-0.15, -0.1) is 0 Å². The Morgan fingerprint density at radius 2 is 2.21 bits per heavy atom. The van der Waals surface area contributed by atoms with Gasteiger partial charge in [-0.25, -0.2) is 0 Å². The molecule has 5 nitrogen and oxygen atoms in total. The van der Waals surface area contributed by atoms with Crippen molar-refractivity contribution in [3.8, 4) is 0 Å². The molecule has 1 rings (SSSR count). The highest BCUT2D eigenvalue weighted by Gasteiger charge is 2.17. The molecule has 0 amide bonds. The van der Waals surface area contributed by atoms with Crippen LogP contribution in [0.2, 0.25) is 5.02 Å². The van der Waals surface area contributed by atoms with E-state index in [4.69, 9.17) is 23.8 Å². The summed E-state index contributed by atoms with van der Waals surface area (Å²) in [6, 6.07) is 4.48. The van der Waals surface area contributed by atoms with Crippen LogP contribution >= 0.6 is 23.8 Å². The summed E-state index contributed by atoms with van der Waals surface area (Å²) in [5, 5.41) is 14.3.